The molecule has 0 aromatic heterocycles. The minimum absolute atomic E-state index is 0.0601. The summed E-state index contributed by atoms with van der Waals surface area (Å²) in [5, 5.41) is 8.44. The number of amides is 1. The van der Waals surface area contributed by atoms with Crippen molar-refractivity contribution < 1.29 is 4.79 Å². The van der Waals surface area contributed by atoms with Gasteiger partial charge in [0.25, 0.3) is 0 Å². The van der Waals surface area contributed by atoms with Gasteiger partial charge in [0, 0.05) is 13.1 Å². The van der Waals surface area contributed by atoms with Crippen LogP contribution in [0.15, 0.2) is 0 Å². The molecule has 4 heteroatoms. The highest BCUT2D eigenvalue weighted by Crippen LogP contribution is 2.03. The number of carbonyl (C=O) groups is 1. The zero-order chi connectivity index (χ0) is 10.4. The summed E-state index contributed by atoms with van der Waals surface area (Å²) in [5.41, 5.74) is 5.58. The maximum absolute atomic E-state index is 11.5. The summed E-state index contributed by atoms with van der Waals surface area (Å²) in [6, 6.07) is 1.53. The maximum Gasteiger partial charge on any atom is 0.239 e. The summed E-state index contributed by atoms with van der Waals surface area (Å²) < 4.78 is 0. The van der Waals surface area contributed by atoms with E-state index in [2.05, 4.69) is 0 Å². The molecule has 0 fully saturated rings. The zero-order valence-electron chi connectivity index (χ0n) is 8.45. The molecular formula is C9H17N3O. The minimum Gasteiger partial charge on any atom is -0.341 e. The molecule has 13 heavy (non-hydrogen) atoms. The first-order chi connectivity index (χ1) is 6.04. The standard InChI is InChI=1S/C9H17N3O/c1-4-8(11)9(13)12(3)7(2)5-6-10/h7-8H,4-5,11H2,1-3H3. The van der Waals surface area contributed by atoms with Gasteiger partial charge in [-0.2, -0.15) is 5.26 Å². The molecule has 2 atom stereocenters. The first-order valence-corrected chi connectivity index (χ1v) is 4.43. The lowest BCUT2D eigenvalue weighted by Crippen LogP contribution is -2.45. The molecule has 1 amide bonds. The van der Waals surface area contributed by atoms with Crippen LogP contribution < -0.4 is 5.73 Å². The van der Waals surface area contributed by atoms with E-state index in [9.17, 15) is 4.79 Å². The van der Waals surface area contributed by atoms with Crippen molar-refractivity contribution >= 4 is 5.91 Å². The molecule has 0 radical (unpaired) electrons. The fraction of sp³-hybridized carbons (Fsp3) is 0.778. The van der Waals surface area contributed by atoms with Crippen LogP contribution in [0.1, 0.15) is 26.7 Å². The Hall–Kier alpha value is -1.08. The fourth-order valence-electron chi connectivity index (χ4n) is 0.922. The predicted molar refractivity (Wildman–Crippen MR) is 50.7 cm³/mol. The van der Waals surface area contributed by atoms with E-state index < -0.39 is 6.04 Å². The van der Waals surface area contributed by atoms with Gasteiger partial charge < -0.3 is 10.6 Å². The lowest BCUT2D eigenvalue weighted by atomic mass is 10.1. The molecule has 4 nitrogen and oxygen atoms in total. The number of hydrogen-bond acceptors (Lipinski definition) is 3. The van der Waals surface area contributed by atoms with Crippen LogP contribution >= 0.6 is 0 Å². The van der Waals surface area contributed by atoms with Gasteiger partial charge in [0.05, 0.1) is 18.5 Å². The second-order valence-corrected chi connectivity index (χ2v) is 3.18. The van der Waals surface area contributed by atoms with Gasteiger partial charge in [-0.05, 0) is 13.3 Å². The Morgan fingerprint density at radius 3 is 2.62 bits per heavy atom. The molecule has 0 spiro atoms. The van der Waals surface area contributed by atoms with Crippen molar-refractivity contribution in [2.45, 2.75) is 38.8 Å². The molecule has 0 aromatic rings. The molecule has 74 valence electrons. The third-order valence-electron chi connectivity index (χ3n) is 2.15. The van der Waals surface area contributed by atoms with Crippen LogP contribution in [0.5, 0.6) is 0 Å². The van der Waals surface area contributed by atoms with E-state index >= 15 is 0 Å². The fourth-order valence-corrected chi connectivity index (χ4v) is 0.922. The second-order valence-electron chi connectivity index (χ2n) is 3.18. The molecule has 0 aliphatic rings. The van der Waals surface area contributed by atoms with E-state index in [1.54, 1.807) is 7.05 Å². The number of hydrogen-bond donors (Lipinski definition) is 1. The number of rotatable bonds is 4. The van der Waals surface area contributed by atoms with Crippen molar-refractivity contribution in [3.05, 3.63) is 0 Å². The van der Waals surface area contributed by atoms with Gasteiger partial charge in [0.1, 0.15) is 0 Å². The average molecular weight is 183 g/mol. The van der Waals surface area contributed by atoms with Gasteiger partial charge in [0.15, 0.2) is 0 Å². The third kappa shape index (κ3) is 3.43. The van der Waals surface area contributed by atoms with Crippen LogP contribution in [0.4, 0.5) is 0 Å². The van der Waals surface area contributed by atoms with Crippen molar-refractivity contribution in [1.29, 1.82) is 5.26 Å². The lowest BCUT2D eigenvalue weighted by Gasteiger charge is -2.25. The molecule has 0 saturated heterocycles. The number of carbonyl (C=O) groups excluding carboxylic acids is 1. The predicted octanol–water partition coefficient (Wildman–Crippen LogP) is 0.484. The first kappa shape index (κ1) is 11.9. The van der Waals surface area contributed by atoms with Crippen LogP contribution in [-0.4, -0.2) is 29.9 Å². The number of likely N-dealkylation sites (N-methyl/N-ethyl adjacent to an activating group) is 1. The van der Waals surface area contributed by atoms with Gasteiger partial charge in [-0.25, -0.2) is 0 Å². The van der Waals surface area contributed by atoms with E-state index in [1.165, 1.54) is 4.90 Å². The van der Waals surface area contributed by atoms with E-state index in [0.29, 0.717) is 12.8 Å². The van der Waals surface area contributed by atoms with Crippen molar-refractivity contribution in [2.75, 3.05) is 7.05 Å². The Morgan fingerprint density at radius 2 is 2.23 bits per heavy atom. The summed E-state index contributed by atoms with van der Waals surface area (Å²) in [4.78, 5) is 13.0. The summed E-state index contributed by atoms with van der Waals surface area (Å²) in [6.07, 6.45) is 0.973. The molecular weight excluding hydrogens is 166 g/mol. The highest BCUT2D eigenvalue weighted by atomic mass is 16.2. The maximum atomic E-state index is 11.5. The second kappa shape index (κ2) is 5.55. The summed E-state index contributed by atoms with van der Waals surface area (Å²) in [7, 11) is 1.68. The van der Waals surface area contributed by atoms with E-state index in [1.807, 2.05) is 19.9 Å². The van der Waals surface area contributed by atoms with Crippen LogP contribution in [-0.2, 0) is 4.79 Å². The molecule has 2 N–H and O–H groups in total. The van der Waals surface area contributed by atoms with Crippen LogP contribution in [0.2, 0.25) is 0 Å². The monoisotopic (exact) mass is 183 g/mol. The third-order valence-corrected chi connectivity index (χ3v) is 2.15. The molecule has 0 bridgehead atoms. The van der Waals surface area contributed by atoms with E-state index in [4.69, 9.17) is 11.0 Å². The van der Waals surface area contributed by atoms with Gasteiger partial charge in [0.2, 0.25) is 5.91 Å². The minimum atomic E-state index is -0.439. The van der Waals surface area contributed by atoms with Crippen molar-refractivity contribution in [3.8, 4) is 6.07 Å². The van der Waals surface area contributed by atoms with Crippen LogP contribution in [0.25, 0.3) is 0 Å². The summed E-state index contributed by atoms with van der Waals surface area (Å²) in [5.74, 6) is -0.0924. The summed E-state index contributed by atoms with van der Waals surface area (Å²) in [6.45, 7) is 3.70. The smallest absolute Gasteiger partial charge is 0.239 e. The van der Waals surface area contributed by atoms with Gasteiger partial charge in [-0.1, -0.05) is 6.92 Å². The molecule has 0 aromatic carbocycles. The van der Waals surface area contributed by atoms with Gasteiger partial charge >= 0.3 is 0 Å². The average Bonchev–Trinajstić information content (AvgIpc) is 2.14. The molecule has 2 unspecified atom stereocenters. The number of nitrogens with zero attached hydrogens (tertiary/aromatic N) is 2. The first-order valence-electron chi connectivity index (χ1n) is 4.43. The number of nitriles is 1. The molecule has 0 aliphatic carbocycles. The Balaban J connectivity index is 4.18. The van der Waals surface area contributed by atoms with Crippen LogP contribution in [0.3, 0.4) is 0 Å². The lowest BCUT2D eigenvalue weighted by molar-refractivity contribution is -0.133. The Labute approximate surface area is 79.3 Å². The topological polar surface area (TPSA) is 70.1 Å². The normalized spacial score (nSPS) is 14.4. The Morgan fingerprint density at radius 1 is 1.69 bits per heavy atom. The summed E-state index contributed by atoms with van der Waals surface area (Å²) >= 11 is 0. The van der Waals surface area contributed by atoms with Gasteiger partial charge in [-0.15, -0.1) is 0 Å². The SMILES string of the molecule is CCC(N)C(=O)N(C)C(C)CC#N. The van der Waals surface area contributed by atoms with E-state index in [0.717, 1.165) is 0 Å². The highest BCUT2D eigenvalue weighted by Gasteiger charge is 2.19. The Kier molecular flexibility index (Phi) is 5.09. The van der Waals surface area contributed by atoms with Crippen LogP contribution in [0, 0.1) is 11.3 Å². The quantitative estimate of drug-likeness (QED) is 0.689. The zero-order valence-corrected chi connectivity index (χ0v) is 8.45. The van der Waals surface area contributed by atoms with Gasteiger partial charge in [-0.3, -0.25) is 4.79 Å². The van der Waals surface area contributed by atoms with Crippen molar-refractivity contribution in [3.63, 3.8) is 0 Å². The van der Waals surface area contributed by atoms with Crippen molar-refractivity contribution in [2.24, 2.45) is 5.73 Å². The largest absolute Gasteiger partial charge is 0.341 e. The molecule has 0 rings (SSSR count). The number of nitrogens with two attached hydrogens (primary N) is 1. The van der Waals surface area contributed by atoms with E-state index in [-0.39, 0.29) is 11.9 Å². The highest BCUT2D eigenvalue weighted by molar-refractivity contribution is 5.81. The molecule has 0 aliphatic heterocycles. The molecule has 0 heterocycles. The van der Waals surface area contributed by atoms with Crippen molar-refractivity contribution in [1.82, 2.24) is 4.90 Å². The molecule has 0 saturated carbocycles. The Bertz CT molecular complexity index is 209.